The molecule has 1 atom stereocenters. The van der Waals surface area contributed by atoms with Crippen molar-refractivity contribution in [3.05, 3.63) is 29.8 Å². The largest absolute Gasteiger partial charge is 0.493 e. The lowest BCUT2D eigenvalue weighted by atomic mass is 9.87. The molecule has 0 bridgehead atoms. The van der Waals surface area contributed by atoms with Gasteiger partial charge in [0.25, 0.3) is 0 Å². The van der Waals surface area contributed by atoms with Crippen LogP contribution < -0.4 is 4.74 Å². The third-order valence-electron chi connectivity index (χ3n) is 3.01. The molecule has 0 aliphatic rings. The zero-order valence-electron chi connectivity index (χ0n) is 12.7. The van der Waals surface area contributed by atoms with Crippen molar-refractivity contribution >= 4 is 17.7 Å². The predicted molar refractivity (Wildman–Crippen MR) is 84.8 cm³/mol. The van der Waals surface area contributed by atoms with Crippen LogP contribution in [0.25, 0.3) is 0 Å². The maximum atomic E-state index is 10.7. The molecule has 0 aromatic heterocycles. The molecular formula is C16H24O3S. The summed E-state index contributed by atoms with van der Waals surface area (Å²) in [5.74, 6) is 1.26. The number of rotatable bonds is 7. The van der Waals surface area contributed by atoms with Gasteiger partial charge < -0.3 is 9.84 Å². The monoisotopic (exact) mass is 296 g/mol. The van der Waals surface area contributed by atoms with E-state index in [0.717, 1.165) is 11.5 Å². The lowest BCUT2D eigenvalue weighted by Crippen LogP contribution is -2.13. The van der Waals surface area contributed by atoms with Crippen LogP contribution in [0.2, 0.25) is 0 Å². The Labute approximate surface area is 125 Å². The number of carbonyl (C=O) groups is 1. The zero-order chi connectivity index (χ0) is 15.2. The second kappa shape index (κ2) is 7.58. The summed E-state index contributed by atoms with van der Waals surface area (Å²) in [7, 11) is 0. The number of aliphatic carboxylic acids is 1. The number of hydrogen-bond donors (Lipinski definition) is 1. The fourth-order valence-electron chi connectivity index (χ4n) is 1.60. The number of thioether (sulfide) groups is 1. The van der Waals surface area contributed by atoms with Crippen LogP contribution in [-0.2, 0) is 10.2 Å². The van der Waals surface area contributed by atoms with Gasteiger partial charge in [-0.05, 0) is 23.1 Å². The Morgan fingerprint density at radius 1 is 1.30 bits per heavy atom. The number of ether oxygens (including phenoxy) is 1. The highest BCUT2D eigenvalue weighted by Gasteiger charge is 2.13. The summed E-state index contributed by atoms with van der Waals surface area (Å²) in [6.07, 6.45) is 0. The van der Waals surface area contributed by atoms with Crippen LogP contribution in [0.15, 0.2) is 24.3 Å². The van der Waals surface area contributed by atoms with E-state index in [4.69, 9.17) is 9.84 Å². The van der Waals surface area contributed by atoms with Gasteiger partial charge in [-0.1, -0.05) is 39.8 Å². The van der Waals surface area contributed by atoms with E-state index in [1.54, 1.807) is 18.7 Å². The van der Waals surface area contributed by atoms with Crippen molar-refractivity contribution in [2.75, 3.05) is 18.1 Å². The van der Waals surface area contributed by atoms with Crippen LogP contribution in [-0.4, -0.2) is 29.2 Å². The summed E-state index contributed by atoms with van der Waals surface area (Å²) < 4.78 is 5.65. The minimum Gasteiger partial charge on any atom is -0.493 e. The van der Waals surface area contributed by atoms with Crippen molar-refractivity contribution in [2.45, 2.75) is 33.1 Å². The molecule has 0 spiro atoms. The first-order valence-electron chi connectivity index (χ1n) is 6.84. The van der Waals surface area contributed by atoms with Crippen LogP contribution in [0.4, 0.5) is 0 Å². The smallest absolute Gasteiger partial charge is 0.307 e. The second-order valence-electron chi connectivity index (χ2n) is 5.94. The molecule has 0 saturated heterocycles. The summed E-state index contributed by atoms with van der Waals surface area (Å²) in [5.41, 5.74) is 1.44. The number of hydrogen-bond acceptors (Lipinski definition) is 3. The molecule has 4 heteroatoms. The molecule has 1 aromatic carbocycles. The van der Waals surface area contributed by atoms with E-state index < -0.39 is 5.97 Å². The molecule has 1 N–H and O–H groups in total. The minimum absolute atomic E-state index is 0.154. The van der Waals surface area contributed by atoms with Gasteiger partial charge in [0.05, 0.1) is 12.5 Å². The fraction of sp³-hybridized carbons (Fsp3) is 0.562. The van der Waals surface area contributed by atoms with Crippen molar-refractivity contribution in [1.82, 2.24) is 0 Å². The van der Waals surface area contributed by atoms with Gasteiger partial charge in [-0.15, -0.1) is 0 Å². The Morgan fingerprint density at radius 2 is 1.90 bits per heavy atom. The van der Waals surface area contributed by atoms with E-state index in [2.05, 4.69) is 32.9 Å². The topological polar surface area (TPSA) is 46.5 Å². The Bertz CT molecular complexity index is 420. The Hall–Kier alpha value is -1.16. The van der Waals surface area contributed by atoms with Gasteiger partial charge in [-0.2, -0.15) is 11.8 Å². The van der Waals surface area contributed by atoms with Crippen LogP contribution in [0.3, 0.4) is 0 Å². The average Bonchev–Trinajstić information content (AvgIpc) is 2.37. The van der Waals surface area contributed by atoms with E-state index in [9.17, 15) is 4.79 Å². The number of carboxylic acids is 1. The minimum atomic E-state index is -0.740. The first kappa shape index (κ1) is 16.9. The Morgan fingerprint density at radius 3 is 2.40 bits per heavy atom. The summed E-state index contributed by atoms with van der Waals surface area (Å²) >= 11 is 1.61. The van der Waals surface area contributed by atoms with Gasteiger partial charge >= 0.3 is 5.97 Å². The molecule has 0 fully saturated rings. The SMILES string of the molecule is CC(CSCCOc1ccc(C(C)(C)C)cc1)C(=O)O. The van der Waals surface area contributed by atoms with Gasteiger partial charge in [0.15, 0.2) is 0 Å². The molecule has 112 valence electrons. The van der Waals surface area contributed by atoms with E-state index in [0.29, 0.717) is 12.4 Å². The molecule has 0 radical (unpaired) electrons. The van der Waals surface area contributed by atoms with Gasteiger partial charge in [0.1, 0.15) is 5.75 Å². The van der Waals surface area contributed by atoms with Crippen LogP contribution >= 0.6 is 11.8 Å². The molecule has 3 nitrogen and oxygen atoms in total. The van der Waals surface area contributed by atoms with Gasteiger partial charge in [-0.3, -0.25) is 4.79 Å². The van der Waals surface area contributed by atoms with Crippen LogP contribution in [0, 0.1) is 5.92 Å². The van der Waals surface area contributed by atoms with Crippen molar-refractivity contribution in [3.8, 4) is 5.75 Å². The number of carboxylic acid groups (broad SMARTS) is 1. The summed E-state index contributed by atoms with van der Waals surface area (Å²) in [6, 6.07) is 8.17. The van der Waals surface area contributed by atoms with E-state index in [1.807, 2.05) is 12.1 Å². The van der Waals surface area contributed by atoms with Gasteiger partial charge in [0.2, 0.25) is 0 Å². The highest BCUT2D eigenvalue weighted by molar-refractivity contribution is 7.99. The maximum absolute atomic E-state index is 10.7. The Kier molecular flexibility index (Phi) is 6.40. The van der Waals surface area contributed by atoms with Crippen molar-refractivity contribution in [2.24, 2.45) is 5.92 Å². The molecule has 0 aliphatic heterocycles. The average molecular weight is 296 g/mol. The van der Waals surface area contributed by atoms with Gasteiger partial charge in [0, 0.05) is 11.5 Å². The molecule has 0 aliphatic carbocycles. The summed E-state index contributed by atoms with van der Waals surface area (Å²) in [5, 5.41) is 8.76. The first-order valence-corrected chi connectivity index (χ1v) is 8.00. The maximum Gasteiger partial charge on any atom is 0.307 e. The quantitative estimate of drug-likeness (QED) is 0.777. The van der Waals surface area contributed by atoms with Crippen molar-refractivity contribution in [1.29, 1.82) is 0 Å². The third kappa shape index (κ3) is 5.87. The standard InChI is InChI=1S/C16H24O3S/c1-12(15(17)18)11-20-10-9-19-14-7-5-13(6-8-14)16(2,3)4/h5-8,12H,9-11H2,1-4H3,(H,17,18). The molecule has 0 amide bonds. The first-order chi connectivity index (χ1) is 9.30. The molecule has 0 heterocycles. The third-order valence-corrected chi connectivity index (χ3v) is 4.20. The number of benzene rings is 1. The second-order valence-corrected chi connectivity index (χ2v) is 7.09. The van der Waals surface area contributed by atoms with E-state index >= 15 is 0 Å². The zero-order valence-corrected chi connectivity index (χ0v) is 13.5. The predicted octanol–water partition coefficient (Wildman–Crippen LogP) is 3.82. The van der Waals surface area contributed by atoms with Crippen molar-refractivity contribution < 1.29 is 14.6 Å². The molecule has 20 heavy (non-hydrogen) atoms. The van der Waals surface area contributed by atoms with E-state index in [1.165, 1.54) is 5.56 Å². The van der Waals surface area contributed by atoms with Gasteiger partial charge in [-0.25, -0.2) is 0 Å². The fourth-order valence-corrected chi connectivity index (χ4v) is 2.46. The highest BCUT2D eigenvalue weighted by atomic mass is 32.2. The summed E-state index contributed by atoms with van der Waals surface area (Å²) in [6.45, 7) is 8.88. The van der Waals surface area contributed by atoms with Crippen LogP contribution in [0.1, 0.15) is 33.3 Å². The Balaban J connectivity index is 2.28. The lowest BCUT2D eigenvalue weighted by molar-refractivity contribution is -0.140. The summed E-state index contributed by atoms with van der Waals surface area (Å²) in [4.78, 5) is 10.7. The molecule has 1 rings (SSSR count). The highest BCUT2D eigenvalue weighted by Crippen LogP contribution is 2.24. The molecule has 1 unspecified atom stereocenters. The lowest BCUT2D eigenvalue weighted by Gasteiger charge is -2.19. The normalized spacial score (nSPS) is 13.0. The molecule has 1 aromatic rings. The van der Waals surface area contributed by atoms with Crippen LogP contribution in [0.5, 0.6) is 5.75 Å². The van der Waals surface area contributed by atoms with Crippen molar-refractivity contribution in [3.63, 3.8) is 0 Å². The molecule has 0 saturated carbocycles. The van der Waals surface area contributed by atoms with E-state index in [-0.39, 0.29) is 11.3 Å². The molecular weight excluding hydrogens is 272 g/mol.